The molecule has 0 fully saturated rings. The summed E-state index contributed by atoms with van der Waals surface area (Å²) in [6.45, 7) is 7.78. The van der Waals surface area contributed by atoms with Crippen molar-refractivity contribution in [2.75, 3.05) is 0 Å². The van der Waals surface area contributed by atoms with Gasteiger partial charge in [-0.1, -0.05) is 24.8 Å². The average Bonchev–Trinajstić information content (AvgIpc) is 2.41. The molecule has 0 unspecified atom stereocenters. The maximum Gasteiger partial charge on any atom is 0.123 e. The number of phenols is 1. The van der Waals surface area contributed by atoms with E-state index in [0.29, 0.717) is 5.70 Å². The molecule has 0 aliphatic heterocycles. The molecule has 2 rings (SSSR count). The molecule has 3 nitrogen and oxygen atoms in total. The molecule has 1 aromatic carbocycles. The summed E-state index contributed by atoms with van der Waals surface area (Å²) in [7, 11) is 0. The van der Waals surface area contributed by atoms with E-state index in [4.69, 9.17) is 5.73 Å². The van der Waals surface area contributed by atoms with E-state index in [0.717, 1.165) is 27.1 Å². The van der Waals surface area contributed by atoms with Crippen molar-refractivity contribution >= 4 is 11.3 Å². The summed E-state index contributed by atoms with van der Waals surface area (Å²) in [5.41, 5.74) is 9.11. The maximum absolute atomic E-state index is 10.1. The van der Waals surface area contributed by atoms with Gasteiger partial charge in [-0.25, -0.2) is 0 Å². The van der Waals surface area contributed by atoms with Crippen LogP contribution in [0.25, 0.3) is 11.3 Å². The van der Waals surface area contributed by atoms with Gasteiger partial charge >= 0.3 is 0 Å². The van der Waals surface area contributed by atoms with Gasteiger partial charge in [-0.05, 0) is 42.3 Å². The Hall–Kier alpha value is -2.55. The fraction of sp³-hybridized carbons (Fsp3) is 0.118. The fourth-order valence-corrected chi connectivity index (χ4v) is 2.22. The van der Waals surface area contributed by atoms with Crippen molar-refractivity contribution in [1.82, 2.24) is 4.98 Å². The molecule has 1 heterocycles. The highest BCUT2D eigenvalue weighted by Crippen LogP contribution is 2.26. The SMILES string of the molecule is C=C(C)/C(c1ccccc1O)=c1/ccnc/c1=C(/C)N. The number of para-hydroxylation sites is 1. The lowest BCUT2D eigenvalue weighted by Gasteiger charge is -2.10. The molecule has 1 aromatic heterocycles. The predicted octanol–water partition coefficient (Wildman–Crippen LogP) is 1.65. The normalized spacial score (nSPS) is 13.7. The number of hydrogen-bond acceptors (Lipinski definition) is 3. The van der Waals surface area contributed by atoms with Crippen molar-refractivity contribution in [3.63, 3.8) is 0 Å². The highest BCUT2D eigenvalue weighted by Gasteiger charge is 2.09. The third-order valence-corrected chi connectivity index (χ3v) is 3.12. The van der Waals surface area contributed by atoms with Gasteiger partial charge in [-0.2, -0.15) is 0 Å². The lowest BCUT2D eigenvalue weighted by Crippen LogP contribution is -2.31. The summed E-state index contributed by atoms with van der Waals surface area (Å²) in [6.07, 6.45) is 3.44. The van der Waals surface area contributed by atoms with Crippen molar-refractivity contribution in [1.29, 1.82) is 0 Å². The minimum Gasteiger partial charge on any atom is -0.507 e. The quantitative estimate of drug-likeness (QED) is 0.869. The van der Waals surface area contributed by atoms with Gasteiger partial charge in [0.05, 0.1) is 0 Å². The largest absolute Gasteiger partial charge is 0.507 e. The minimum absolute atomic E-state index is 0.225. The van der Waals surface area contributed by atoms with Crippen LogP contribution in [0.2, 0.25) is 0 Å². The maximum atomic E-state index is 10.1. The first-order chi connectivity index (χ1) is 9.52. The van der Waals surface area contributed by atoms with Crippen molar-refractivity contribution in [2.24, 2.45) is 5.73 Å². The number of aromatic nitrogens is 1. The standard InChI is InChI=1S/C17H18N2O/c1-11(2)17(14-6-4-5-7-16(14)20)13-8-9-19-10-15(13)12(3)18/h4-10,20H,1,18H2,2-3H3/b15-12+,17-13+. The zero-order valence-corrected chi connectivity index (χ0v) is 11.7. The van der Waals surface area contributed by atoms with Gasteiger partial charge in [0.1, 0.15) is 5.75 Å². The Morgan fingerprint density at radius 1 is 1.15 bits per heavy atom. The molecule has 0 saturated carbocycles. The molecule has 3 N–H and O–H groups in total. The highest BCUT2D eigenvalue weighted by molar-refractivity contribution is 5.80. The van der Waals surface area contributed by atoms with Gasteiger partial charge in [0.15, 0.2) is 0 Å². The first-order valence-corrected chi connectivity index (χ1v) is 6.37. The lowest BCUT2D eigenvalue weighted by molar-refractivity contribution is 0.473. The van der Waals surface area contributed by atoms with Crippen molar-refractivity contribution in [3.8, 4) is 5.75 Å². The number of hydrogen-bond donors (Lipinski definition) is 2. The van der Waals surface area contributed by atoms with E-state index in [-0.39, 0.29) is 5.75 Å². The summed E-state index contributed by atoms with van der Waals surface area (Å²) in [5.74, 6) is 0.225. The van der Waals surface area contributed by atoms with Crippen LogP contribution in [0.4, 0.5) is 0 Å². The summed E-state index contributed by atoms with van der Waals surface area (Å²) >= 11 is 0. The van der Waals surface area contributed by atoms with E-state index in [1.165, 1.54) is 0 Å². The van der Waals surface area contributed by atoms with E-state index in [2.05, 4.69) is 11.6 Å². The van der Waals surface area contributed by atoms with E-state index in [1.54, 1.807) is 24.5 Å². The van der Waals surface area contributed by atoms with Crippen LogP contribution in [0, 0.1) is 0 Å². The van der Waals surface area contributed by atoms with Crippen LogP contribution in [0.3, 0.4) is 0 Å². The van der Waals surface area contributed by atoms with Gasteiger partial charge in [-0.15, -0.1) is 0 Å². The summed E-state index contributed by atoms with van der Waals surface area (Å²) < 4.78 is 0. The summed E-state index contributed by atoms with van der Waals surface area (Å²) in [4.78, 5) is 4.12. The molecule has 0 amide bonds. The molecule has 0 aliphatic carbocycles. The molecule has 3 heteroatoms. The third-order valence-electron chi connectivity index (χ3n) is 3.12. The molecule has 0 radical (unpaired) electrons. The second-order valence-electron chi connectivity index (χ2n) is 4.78. The number of rotatable bonds is 2. The Labute approximate surface area is 118 Å². The smallest absolute Gasteiger partial charge is 0.123 e. The van der Waals surface area contributed by atoms with Gasteiger partial charge < -0.3 is 10.8 Å². The van der Waals surface area contributed by atoms with Crippen LogP contribution in [-0.4, -0.2) is 10.1 Å². The second-order valence-corrected chi connectivity index (χ2v) is 4.78. The molecular weight excluding hydrogens is 248 g/mol. The molecule has 0 spiro atoms. The highest BCUT2D eigenvalue weighted by atomic mass is 16.3. The van der Waals surface area contributed by atoms with Crippen molar-refractivity contribution in [2.45, 2.75) is 13.8 Å². The number of nitrogens with zero attached hydrogens (tertiary/aromatic N) is 1. The topological polar surface area (TPSA) is 59.1 Å². The molecule has 0 bridgehead atoms. The Kier molecular flexibility index (Phi) is 3.89. The lowest BCUT2D eigenvalue weighted by atomic mass is 9.96. The van der Waals surface area contributed by atoms with Crippen molar-refractivity contribution in [3.05, 3.63) is 70.9 Å². The average molecular weight is 266 g/mol. The zero-order chi connectivity index (χ0) is 14.7. The second kappa shape index (κ2) is 5.61. The minimum atomic E-state index is 0.225. The molecule has 2 aromatic rings. The predicted molar refractivity (Wildman–Crippen MR) is 82.2 cm³/mol. The number of benzene rings is 1. The molecule has 102 valence electrons. The number of allylic oxidation sites excluding steroid dienone is 1. The van der Waals surface area contributed by atoms with E-state index < -0.39 is 0 Å². The Morgan fingerprint density at radius 2 is 1.85 bits per heavy atom. The number of aromatic hydroxyl groups is 1. The van der Waals surface area contributed by atoms with Gasteiger partial charge in [0.2, 0.25) is 0 Å². The monoisotopic (exact) mass is 266 g/mol. The first kappa shape index (κ1) is 13.9. The van der Waals surface area contributed by atoms with Crippen molar-refractivity contribution < 1.29 is 5.11 Å². The van der Waals surface area contributed by atoms with Crippen LogP contribution < -0.4 is 16.2 Å². The van der Waals surface area contributed by atoms with Gasteiger partial charge in [0, 0.05) is 28.9 Å². The Bertz CT molecular complexity index is 772. The fourth-order valence-electron chi connectivity index (χ4n) is 2.22. The summed E-state index contributed by atoms with van der Waals surface area (Å²) in [5, 5.41) is 11.9. The number of phenolic OH excluding ortho intramolecular Hbond substituents is 1. The summed E-state index contributed by atoms with van der Waals surface area (Å²) in [6, 6.07) is 9.11. The zero-order valence-electron chi connectivity index (χ0n) is 11.7. The molecule has 20 heavy (non-hydrogen) atoms. The first-order valence-electron chi connectivity index (χ1n) is 6.37. The van der Waals surface area contributed by atoms with Crippen LogP contribution in [0.15, 0.2) is 54.9 Å². The number of pyridine rings is 1. The Morgan fingerprint density at radius 3 is 2.45 bits per heavy atom. The van der Waals surface area contributed by atoms with E-state index >= 15 is 0 Å². The van der Waals surface area contributed by atoms with Gasteiger partial charge in [-0.3, -0.25) is 4.98 Å². The molecule has 0 atom stereocenters. The Balaban J connectivity index is 3.01. The van der Waals surface area contributed by atoms with Crippen LogP contribution >= 0.6 is 0 Å². The van der Waals surface area contributed by atoms with E-state index in [9.17, 15) is 5.11 Å². The molecule has 0 saturated heterocycles. The molecular formula is C17H18N2O. The van der Waals surface area contributed by atoms with Gasteiger partial charge in [0.25, 0.3) is 0 Å². The number of nitrogens with two attached hydrogens (primary N) is 1. The van der Waals surface area contributed by atoms with Crippen LogP contribution in [0.5, 0.6) is 5.75 Å². The van der Waals surface area contributed by atoms with E-state index in [1.807, 2.05) is 32.0 Å². The van der Waals surface area contributed by atoms with Crippen LogP contribution in [-0.2, 0) is 0 Å². The molecule has 0 aliphatic rings. The third kappa shape index (κ3) is 2.57. The van der Waals surface area contributed by atoms with Crippen LogP contribution in [0.1, 0.15) is 19.4 Å².